The molecule has 0 saturated heterocycles. The van der Waals surface area contributed by atoms with Gasteiger partial charge in [-0.15, -0.1) is 0 Å². The second-order valence-corrected chi connectivity index (χ2v) is 5.45. The summed E-state index contributed by atoms with van der Waals surface area (Å²) >= 11 is 0. The highest BCUT2D eigenvalue weighted by Gasteiger charge is 2.34. The van der Waals surface area contributed by atoms with Crippen molar-refractivity contribution in [3.05, 3.63) is 29.3 Å². The number of methoxy groups -OCH3 is 1. The monoisotopic (exact) mass is 233 g/mol. The van der Waals surface area contributed by atoms with Gasteiger partial charge in [0, 0.05) is 11.1 Å². The Morgan fingerprint density at radius 2 is 1.88 bits per heavy atom. The molecule has 2 N–H and O–H groups in total. The molecular weight excluding hydrogens is 210 g/mol. The van der Waals surface area contributed by atoms with Gasteiger partial charge in [0.05, 0.1) is 7.11 Å². The third-order valence-corrected chi connectivity index (χ3v) is 3.90. The Bertz CT molecular complexity index is 392. The highest BCUT2D eigenvalue weighted by molar-refractivity contribution is 5.47. The normalized spacial score (nSPS) is 18.6. The van der Waals surface area contributed by atoms with E-state index < -0.39 is 0 Å². The maximum absolute atomic E-state index is 6.55. The van der Waals surface area contributed by atoms with E-state index in [4.69, 9.17) is 10.5 Å². The molecule has 0 heterocycles. The molecule has 0 amide bonds. The van der Waals surface area contributed by atoms with Crippen LogP contribution in [-0.2, 0) is 5.54 Å². The SMILES string of the molecule is COc1c(C(C)C)cccc1C1(N)CCCC1. The van der Waals surface area contributed by atoms with E-state index in [1.54, 1.807) is 7.11 Å². The Labute approximate surface area is 104 Å². The molecule has 0 radical (unpaired) electrons. The number of benzene rings is 1. The Hall–Kier alpha value is -1.02. The van der Waals surface area contributed by atoms with Crippen LogP contribution in [0.5, 0.6) is 5.75 Å². The van der Waals surface area contributed by atoms with Gasteiger partial charge in [-0.05, 0) is 24.3 Å². The lowest BCUT2D eigenvalue weighted by Crippen LogP contribution is -2.33. The van der Waals surface area contributed by atoms with Crippen LogP contribution in [0.1, 0.15) is 56.6 Å². The molecule has 2 nitrogen and oxygen atoms in total. The van der Waals surface area contributed by atoms with Crippen LogP contribution in [0, 0.1) is 0 Å². The first-order chi connectivity index (χ1) is 8.08. The van der Waals surface area contributed by atoms with E-state index in [0.29, 0.717) is 5.92 Å². The van der Waals surface area contributed by atoms with Gasteiger partial charge in [0.25, 0.3) is 0 Å². The fraction of sp³-hybridized carbons (Fsp3) is 0.600. The summed E-state index contributed by atoms with van der Waals surface area (Å²) < 4.78 is 5.64. The average molecular weight is 233 g/mol. The molecule has 2 rings (SSSR count). The first-order valence-corrected chi connectivity index (χ1v) is 6.55. The van der Waals surface area contributed by atoms with Crippen molar-refractivity contribution in [1.29, 1.82) is 0 Å². The van der Waals surface area contributed by atoms with Crippen LogP contribution in [-0.4, -0.2) is 7.11 Å². The first kappa shape index (κ1) is 12.4. The third-order valence-electron chi connectivity index (χ3n) is 3.90. The van der Waals surface area contributed by atoms with E-state index >= 15 is 0 Å². The molecule has 0 unspecified atom stereocenters. The third kappa shape index (κ3) is 2.19. The summed E-state index contributed by atoms with van der Waals surface area (Å²) in [5.41, 5.74) is 8.84. The van der Waals surface area contributed by atoms with Gasteiger partial charge in [-0.3, -0.25) is 0 Å². The van der Waals surface area contributed by atoms with E-state index in [0.717, 1.165) is 18.6 Å². The van der Waals surface area contributed by atoms with Crippen LogP contribution in [0.2, 0.25) is 0 Å². The van der Waals surface area contributed by atoms with Gasteiger partial charge in [0.2, 0.25) is 0 Å². The maximum atomic E-state index is 6.55. The summed E-state index contributed by atoms with van der Waals surface area (Å²) in [6.45, 7) is 4.39. The van der Waals surface area contributed by atoms with Gasteiger partial charge in [-0.1, -0.05) is 44.9 Å². The number of hydrogen-bond donors (Lipinski definition) is 1. The fourth-order valence-electron chi connectivity index (χ4n) is 2.90. The van der Waals surface area contributed by atoms with Crippen molar-refractivity contribution >= 4 is 0 Å². The van der Waals surface area contributed by atoms with Crippen molar-refractivity contribution in [3.8, 4) is 5.75 Å². The van der Waals surface area contributed by atoms with Crippen LogP contribution < -0.4 is 10.5 Å². The first-order valence-electron chi connectivity index (χ1n) is 6.55. The number of nitrogens with two attached hydrogens (primary N) is 1. The van der Waals surface area contributed by atoms with Crippen molar-refractivity contribution in [1.82, 2.24) is 0 Å². The van der Waals surface area contributed by atoms with Crippen molar-refractivity contribution in [3.63, 3.8) is 0 Å². The molecule has 2 heteroatoms. The van der Waals surface area contributed by atoms with Gasteiger partial charge >= 0.3 is 0 Å². The predicted molar refractivity (Wildman–Crippen MR) is 71.4 cm³/mol. The molecule has 1 fully saturated rings. The lowest BCUT2D eigenvalue weighted by molar-refractivity contribution is 0.373. The van der Waals surface area contributed by atoms with E-state index in [2.05, 4.69) is 32.0 Å². The number of ether oxygens (including phenoxy) is 1. The molecule has 1 aliphatic rings. The van der Waals surface area contributed by atoms with E-state index in [-0.39, 0.29) is 5.54 Å². The Morgan fingerprint density at radius 1 is 1.24 bits per heavy atom. The second kappa shape index (κ2) is 4.69. The zero-order chi connectivity index (χ0) is 12.5. The largest absolute Gasteiger partial charge is 0.496 e. The molecule has 0 bridgehead atoms. The van der Waals surface area contributed by atoms with Gasteiger partial charge < -0.3 is 10.5 Å². The van der Waals surface area contributed by atoms with E-state index in [9.17, 15) is 0 Å². The van der Waals surface area contributed by atoms with Gasteiger partial charge in [-0.25, -0.2) is 0 Å². The minimum atomic E-state index is -0.170. The summed E-state index contributed by atoms with van der Waals surface area (Å²) in [6, 6.07) is 6.39. The van der Waals surface area contributed by atoms with Gasteiger partial charge in [-0.2, -0.15) is 0 Å². The quantitative estimate of drug-likeness (QED) is 0.866. The molecular formula is C15H23NO. The molecule has 0 aliphatic heterocycles. The average Bonchev–Trinajstić information content (AvgIpc) is 2.76. The summed E-state index contributed by atoms with van der Waals surface area (Å²) in [6.07, 6.45) is 4.60. The van der Waals surface area contributed by atoms with Crippen LogP contribution in [0.4, 0.5) is 0 Å². The van der Waals surface area contributed by atoms with E-state index in [1.807, 2.05) is 0 Å². The molecule has 1 aromatic carbocycles. The standard InChI is InChI=1S/C15H23NO/c1-11(2)12-7-6-8-13(14(12)17-3)15(16)9-4-5-10-15/h6-8,11H,4-5,9-10,16H2,1-3H3. The molecule has 1 aliphatic carbocycles. The zero-order valence-electron chi connectivity index (χ0n) is 11.1. The molecule has 0 atom stereocenters. The topological polar surface area (TPSA) is 35.2 Å². The summed E-state index contributed by atoms with van der Waals surface area (Å²) in [5.74, 6) is 1.47. The maximum Gasteiger partial charge on any atom is 0.127 e. The highest BCUT2D eigenvalue weighted by atomic mass is 16.5. The molecule has 17 heavy (non-hydrogen) atoms. The molecule has 0 aromatic heterocycles. The van der Waals surface area contributed by atoms with Gasteiger partial charge in [0.1, 0.15) is 5.75 Å². The van der Waals surface area contributed by atoms with Gasteiger partial charge in [0.15, 0.2) is 0 Å². The van der Waals surface area contributed by atoms with Crippen molar-refractivity contribution in [2.75, 3.05) is 7.11 Å². The molecule has 94 valence electrons. The minimum absolute atomic E-state index is 0.170. The zero-order valence-corrected chi connectivity index (χ0v) is 11.1. The van der Waals surface area contributed by atoms with Crippen molar-refractivity contribution in [2.24, 2.45) is 5.73 Å². The van der Waals surface area contributed by atoms with E-state index in [1.165, 1.54) is 24.0 Å². The Balaban J connectivity index is 2.50. The Kier molecular flexibility index (Phi) is 3.43. The molecule has 1 saturated carbocycles. The molecule has 0 spiro atoms. The summed E-state index contributed by atoms with van der Waals surface area (Å²) in [5, 5.41) is 0. The minimum Gasteiger partial charge on any atom is -0.496 e. The van der Waals surface area contributed by atoms with Crippen molar-refractivity contribution in [2.45, 2.75) is 51.0 Å². The fourth-order valence-corrected chi connectivity index (χ4v) is 2.90. The highest BCUT2D eigenvalue weighted by Crippen LogP contribution is 2.43. The predicted octanol–water partition coefficient (Wildman–Crippen LogP) is 3.55. The smallest absolute Gasteiger partial charge is 0.127 e. The summed E-state index contributed by atoms with van der Waals surface area (Å²) in [7, 11) is 1.75. The number of para-hydroxylation sites is 1. The van der Waals surface area contributed by atoms with Crippen LogP contribution >= 0.6 is 0 Å². The van der Waals surface area contributed by atoms with Crippen LogP contribution in [0.15, 0.2) is 18.2 Å². The lowest BCUT2D eigenvalue weighted by atomic mass is 9.85. The summed E-state index contributed by atoms with van der Waals surface area (Å²) in [4.78, 5) is 0. The Morgan fingerprint density at radius 3 is 2.41 bits per heavy atom. The number of hydrogen-bond acceptors (Lipinski definition) is 2. The number of rotatable bonds is 3. The van der Waals surface area contributed by atoms with Crippen LogP contribution in [0.25, 0.3) is 0 Å². The second-order valence-electron chi connectivity index (χ2n) is 5.45. The van der Waals surface area contributed by atoms with Crippen molar-refractivity contribution < 1.29 is 4.74 Å². The van der Waals surface area contributed by atoms with Crippen LogP contribution in [0.3, 0.4) is 0 Å². The molecule has 1 aromatic rings. The lowest BCUT2D eigenvalue weighted by Gasteiger charge is -2.28.